The highest BCUT2D eigenvalue weighted by atomic mass is 19.2. The van der Waals surface area contributed by atoms with Crippen LogP contribution in [0.5, 0.6) is 11.5 Å². The van der Waals surface area contributed by atoms with E-state index in [-0.39, 0.29) is 24.3 Å². The Balaban J connectivity index is 1.56. The highest BCUT2D eigenvalue weighted by molar-refractivity contribution is 5.63. The first-order valence-electron chi connectivity index (χ1n) is 9.66. The summed E-state index contributed by atoms with van der Waals surface area (Å²) >= 11 is 0. The highest BCUT2D eigenvalue weighted by Gasteiger charge is 2.13. The van der Waals surface area contributed by atoms with Crippen molar-refractivity contribution in [3.8, 4) is 22.8 Å². The second-order valence-electron chi connectivity index (χ2n) is 6.98. The molecular weight excluding hydrogens is 424 g/mol. The number of hydrogen-bond donors (Lipinski definition) is 0. The van der Waals surface area contributed by atoms with E-state index in [1.807, 2.05) is 0 Å². The number of methoxy groups -OCH3 is 1. The van der Waals surface area contributed by atoms with Gasteiger partial charge in [-0.2, -0.15) is 5.10 Å². The quantitative estimate of drug-likeness (QED) is 0.343. The van der Waals surface area contributed by atoms with Crippen molar-refractivity contribution in [2.24, 2.45) is 0 Å². The van der Waals surface area contributed by atoms with Gasteiger partial charge in [-0.3, -0.25) is 4.68 Å². The van der Waals surface area contributed by atoms with Crippen LogP contribution >= 0.6 is 0 Å². The predicted molar refractivity (Wildman–Crippen MR) is 110 cm³/mol. The van der Waals surface area contributed by atoms with E-state index >= 15 is 0 Å². The minimum Gasteiger partial charge on any atom is -0.493 e. The van der Waals surface area contributed by atoms with E-state index in [9.17, 15) is 17.6 Å². The van der Waals surface area contributed by atoms with E-state index < -0.39 is 23.3 Å². The molecule has 4 aromatic rings. The fourth-order valence-electron chi connectivity index (χ4n) is 3.21. The normalized spacial score (nSPS) is 10.9. The molecule has 4 nitrogen and oxygen atoms in total. The SMILES string of the molecule is COc1ccc(-c2ccn(Cc3cccc(F)c3F)n2)cc1OCc1cccc(F)c1F. The van der Waals surface area contributed by atoms with E-state index in [1.54, 1.807) is 30.5 Å². The molecule has 0 aliphatic rings. The van der Waals surface area contributed by atoms with Gasteiger partial charge in [0.05, 0.1) is 19.3 Å². The van der Waals surface area contributed by atoms with Crippen LogP contribution in [0.1, 0.15) is 11.1 Å². The Labute approximate surface area is 181 Å². The molecule has 32 heavy (non-hydrogen) atoms. The minimum atomic E-state index is -0.967. The van der Waals surface area contributed by atoms with E-state index in [2.05, 4.69) is 5.10 Å². The van der Waals surface area contributed by atoms with Gasteiger partial charge in [-0.15, -0.1) is 0 Å². The number of nitrogens with zero attached hydrogens (tertiary/aromatic N) is 2. The number of benzene rings is 3. The third-order valence-corrected chi connectivity index (χ3v) is 4.88. The molecule has 0 atom stereocenters. The summed E-state index contributed by atoms with van der Waals surface area (Å²) in [5.74, 6) is -3.01. The van der Waals surface area contributed by atoms with Gasteiger partial charge in [0.1, 0.15) is 6.61 Å². The van der Waals surface area contributed by atoms with Crippen molar-refractivity contribution in [1.82, 2.24) is 9.78 Å². The van der Waals surface area contributed by atoms with Crippen LogP contribution < -0.4 is 9.47 Å². The zero-order valence-corrected chi connectivity index (χ0v) is 17.0. The lowest BCUT2D eigenvalue weighted by molar-refractivity contribution is 0.278. The number of rotatable bonds is 7. The molecule has 0 bridgehead atoms. The van der Waals surface area contributed by atoms with Crippen LogP contribution in [0.25, 0.3) is 11.3 Å². The molecule has 164 valence electrons. The van der Waals surface area contributed by atoms with Gasteiger partial charge < -0.3 is 9.47 Å². The maximum atomic E-state index is 13.9. The fraction of sp³-hybridized carbons (Fsp3) is 0.125. The Morgan fingerprint density at radius 1 is 0.812 bits per heavy atom. The molecule has 0 saturated carbocycles. The Bertz CT molecular complexity index is 1260. The predicted octanol–water partition coefficient (Wildman–Crippen LogP) is 5.74. The molecule has 0 spiro atoms. The zero-order valence-electron chi connectivity index (χ0n) is 17.0. The average Bonchev–Trinajstić information content (AvgIpc) is 3.26. The van der Waals surface area contributed by atoms with E-state index in [0.29, 0.717) is 22.8 Å². The largest absolute Gasteiger partial charge is 0.493 e. The van der Waals surface area contributed by atoms with Crippen LogP contribution in [0.2, 0.25) is 0 Å². The van der Waals surface area contributed by atoms with Crippen molar-refractivity contribution in [2.45, 2.75) is 13.2 Å². The lowest BCUT2D eigenvalue weighted by atomic mass is 10.1. The Kier molecular flexibility index (Phi) is 6.11. The summed E-state index contributed by atoms with van der Waals surface area (Å²) in [6.07, 6.45) is 1.65. The first kappa shape index (κ1) is 21.4. The van der Waals surface area contributed by atoms with Crippen molar-refractivity contribution in [3.05, 3.63) is 101 Å². The van der Waals surface area contributed by atoms with Gasteiger partial charge >= 0.3 is 0 Å². The van der Waals surface area contributed by atoms with Crippen molar-refractivity contribution in [2.75, 3.05) is 7.11 Å². The molecule has 0 amide bonds. The number of aromatic nitrogens is 2. The van der Waals surface area contributed by atoms with E-state index in [4.69, 9.17) is 9.47 Å². The zero-order chi connectivity index (χ0) is 22.7. The van der Waals surface area contributed by atoms with E-state index in [1.165, 1.54) is 36.1 Å². The lowest BCUT2D eigenvalue weighted by Crippen LogP contribution is -2.04. The number of halogens is 4. The van der Waals surface area contributed by atoms with Crippen molar-refractivity contribution in [3.63, 3.8) is 0 Å². The number of ether oxygens (including phenoxy) is 2. The van der Waals surface area contributed by atoms with Crippen LogP contribution in [0, 0.1) is 23.3 Å². The first-order valence-corrected chi connectivity index (χ1v) is 9.66. The number of hydrogen-bond acceptors (Lipinski definition) is 3. The molecular formula is C24H18F4N2O2. The molecule has 0 saturated heterocycles. The second kappa shape index (κ2) is 9.13. The third kappa shape index (κ3) is 4.44. The summed E-state index contributed by atoms with van der Waals surface area (Å²) in [5.41, 5.74) is 1.47. The van der Waals surface area contributed by atoms with Crippen molar-refractivity contribution in [1.29, 1.82) is 0 Å². The van der Waals surface area contributed by atoms with Crippen LogP contribution in [0.3, 0.4) is 0 Å². The average molecular weight is 442 g/mol. The van der Waals surface area contributed by atoms with Crippen LogP contribution in [0.15, 0.2) is 66.9 Å². The first-order chi connectivity index (χ1) is 15.5. The molecule has 0 unspecified atom stereocenters. The smallest absolute Gasteiger partial charge is 0.165 e. The summed E-state index contributed by atoms with van der Waals surface area (Å²) in [7, 11) is 1.47. The summed E-state index contributed by atoms with van der Waals surface area (Å²) < 4.78 is 67.2. The monoisotopic (exact) mass is 442 g/mol. The minimum absolute atomic E-state index is 0.0575. The topological polar surface area (TPSA) is 36.3 Å². The van der Waals surface area contributed by atoms with Gasteiger partial charge in [0.2, 0.25) is 0 Å². The molecule has 0 fully saturated rings. The van der Waals surface area contributed by atoms with Crippen LogP contribution in [0.4, 0.5) is 17.6 Å². The van der Waals surface area contributed by atoms with Crippen molar-refractivity contribution < 1.29 is 27.0 Å². The molecule has 0 radical (unpaired) electrons. The molecule has 0 aliphatic carbocycles. The van der Waals surface area contributed by atoms with Gasteiger partial charge in [0.15, 0.2) is 34.8 Å². The Morgan fingerprint density at radius 3 is 2.22 bits per heavy atom. The van der Waals surface area contributed by atoms with Crippen LogP contribution in [-0.2, 0) is 13.2 Å². The van der Waals surface area contributed by atoms with Gasteiger partial charge in [0.25, 0.3) is 0 Å². The van der Waals surface area contributed by atoms with Crippen molar-refractivity contribution >= 4 is 0 Å². The molecule has 8 heteroatoms. The highest BCUT2D eigenvalue weighted by Crippen LogP contribution is 2.33. The van der Waals surface area contributed by atoms with Gasteiger partial charge in [0, 0.05) is 22.9 Å². The Hall–Kier alpha value is -3.81. The summed E-state index contributed by atoms with van der Waals surface area (Å²) in [4.78, 5) is 0. The fourth-order valence-corrected chi connectivity index (χ4v) is 3.21. The van der Waals surface area contributed by atoms with Crippen LogP contribution in [-0.4, -0.2) is 16.9 Å². The summed E-state index contributed by atoms with van der Waals surface area (Å²) in [6.45, 7) is -0.140. The molecule has 1 heterocycles. The van der Waals surface area contributed by atoms with Gasteiger partial charge in [-0.05, 0) is 36.4 Å². The maximum Gasteiger partial charge on any atom is 0.165 e. The molecule has 0 N–H and O–H groups in total. The molecule has 4 rings (SSSR count). The van der Waals surface area contributed by atoms with Gasteiger partial charge in [-0.1, -0.05) is 24.3 Å². The maximum absolute atomic E-state index is 13.9. The molecule has 0 aliphatic heterocycles. The summed E-state index contributed by atoms with van der Waals surface area (Å²) in [6, 6.07) is 14.6. The third-order valence-electron chi connectivity index (χ3n) is 4.88. The lowest BCUT2D eigenvalue weighted by Gasteiger charge is -2.12. The second-order valence-corrected chi connectivity index (χ2v) is 6.98. The molecule has 1 aromatic heterocycles. The standard InChI is InChI=1S/C24H18F4N2O2/c1-31-21-9-8-15(12-22(21)32-14-17-5-3-7-19(26)24(17)28)20-10-11-30(29-20)13-16-4-2-6-18(25)23(16)27/h2-12H,13-14H2,1H3. The van der Waals surface area contributed by atoms with Gasteiger partial charge in [-0.25, -0.2) is 17.6 Å². The van der Waals surface area contributed by atoms with E-state index in [0.717, 1.165) is 12.1 Å². The molecule has 3 aromatic carbocycles. The Morgan fingerprint density at radius 2 is 1.50 bits per heavy atom. The summed E-state index contributed by atoms with van der Waals surface area (Å²) in [5, 5.41) is 4.41.